The third kappa shape index (κ3) is 5.63. The number of aromatic nitrogens is 3. The van der Waals surface area contributed by atoms with Crippen molar-refractivity contribution in [1.29, 1.82) is 0 Å². The summed E-state index contributed by atoms with van der Waals surface area (Å²) >= 11 is 0. The van der Waals surface area contributed by atoms with Crippen LogP contribution in [0.2, 0.25) is 0 Å². The molecule has 3 aromatic rings. The summed E-state index contributed by atoms with van der Waals surface area (Å²) in [4.78, 5) is 12.4. The molecule has 1 aromatic heterocycles. The number of nitrogens with zero attached hydrogens (tertiary/aromatic N) is 3. The third-order valence-corrected chi connectivity index (χ3v) is 5.58. The molecule has 2 heterocycles. The zero-order chi connectivity index (χ0) is 21.5. The van der Waals surface area contributed by atoms with Gasteiger partial charge in [-0.1, -0.05) is 36.4 Å². The maximum atomic E-state index is 12.4. The second-order valence-electron chi connectivity index (χ2n) is 7.73. The van der Waals surface area contributed by atoms with Gasteiger partial charge in [-0.2, -0.15) is 0 Å². The van der Waals surface area contributed by atoms with Crippen molar-refractivity contribution in [1.82, 2.24) is 20.1 Å². The number of fused-ring (bicyclic) bond motifs is 1. The molecule has 0 aliphatic carbocycles. The van der Waals surface area contributed by atoms with Gasteiger partial charge in [-0.3, -0.25) is 4.79 Å². The largest absolute Gasteiger partial charge is 0.497 e. The number of nitrogens with one attached hydrogen (secondary N) is 1. The van der Waals surface area contributed by atoms with Gasteiger partial charge in [-0.05, 0) is 37.0 Å². The minimum atomic E-state index is -0.116. The molecule has 0 spiro atoms. The lowest BCUT2D eigenvalue weighted by Gasteiger charge is -2.16. The molecule has 1 atom stereocenters. The molecular weight excluding hydrogens is 392 g/mol. The fraction of sp³-hybridized carbons (Fsp3) is 0.375. The second-order valence-corrected chi connectivity index (χ2v) is 7.73. The van der Waals surface area contributed by atoms with E-state index in [1.807, 2.05) is 24.3 Å². The summed E-state index contributed by atoms with van der Waals surface area (Å²) in [6, 6.07) is 17.8. The summed E-state index contributed by atoms with van der Waals surface area (Å²) in [5, 5.41) is 11.9. The lowest BCUT2D eigenvalue weighted by molar-refractivity contribution is -0.123. The van der Waals surface area contributed by atoms with Crippen molar-refractivity contribution in [3.8, 4) is 11.5 Å². The van der Waals surface area contributed by atoms with Crippen LogP contribution in [0, 0.1) is 0 Å². The Hall–Kier alpha value is -3.35. The lowest BCUT2D eigenvalue weighted by Crippen LogP contribution is -2.38. The standard InChI is InChI=1S/C24H28N4O3/c1-30-20-8-5-9-21(16-20)31-17-24(29)25-19-11-13-23-27-26-22(28(23)15-14-19)12-10-18-6-3-2-4-7-18/h2-9,16,19H,10-15,17H2,1H3,(H,25,29). The highest BCUT2D eigenvalue weighted by Gasteiger charge is 2.21. The SMILES string of the molecule is COc1cccc(OCC(=O)NC2CCc3nnc(CCc4ccccc4)n3CC2)c1. The van der Waals surface area contributed by atoms with Crippen LogP contribution >= 0.6 is 0 Å². The van der Waals surface area contributed by atoms with Crippen LogP contribution in [0.5, 0.6) is 11.5 Å². The molecule has 1 N–H and O–H groups in total. The molecule has 7 heteroatoms. The Kier molecular flexibility index (Phi) is 6.82. The molecule has 1 unspecified atom stereocenters. The van der Waals surface area contributed by atoms with Gasteiger partial charge in [0.1, 0.15) is 23.1 Å². The van der Waals surface area contributed by atoms with Crippen LogP contribution in [0.3, 0.4) is 0 Å². The maximum absolute atomic E-state index is 12.4. The van der Waals surface area contributed by atoms with Gasteiger partial charge in [0.05, 0.1) is 7.11 Å². The molecule has 0 saturated heterocycles. The number of methoxy groups -OCH3 is 1. The summed E-state index contributed by atoms with van der Waals surface area (Å²) in [7, 11) is 1.60. The number of amides is 1. The summed E-state index contributed by atoms with van der Waals surface area (Å²) < 4.78 is 13.0. The van der Waals surface area contributed by atoms with Crippen LogP contribution in [-0.2, 0) is 30.6 Å². The van der Waals surface area contributed by atoms with Gasteiger partial charge in [0, 0.05) is 31.5 Å². The van der Waals surface area contributed by atoms with E-state index >= 15 is 0 Å². The molecule has 1 amide bonds. The minimum Gasteiger partial charge on any atom is -0.497 e. The van der Waals surface area contributed by atoms with Crippen LogP contribution < -0.4 is 14.8 Å². The van der Waals surface area contributed by atoms with Crippen molar-refractivity contribution in [2.75, 3.05) is 13.7 Å². The number of aryl methyl sites for hydroxylation is 3. The zero-order valence-electron chi connectivity index (χ0n) is 17.8. The Labute approximate surface area is 182 Å². The highest BCUT2D eigenvalue weighted by molar-refractivity contribution is 5.77. The molecule has 0 saturated carbocycles. The maximum Gasteiger partial charge on any atom is 0.258 e. The molecule has 162 valence electrons. The first kappa shape index (κ1) is 20.9. The van der Waals surface area contributed by atoms with Crippen LogP contribution in [-0.4, -0.2) is 40.4 Å². The Morgan fingerprint density at radius 3 is 2.74 bits per heavy atom. The number of carbonyl (C=O) groups excluding carboxylic acids is 1. The monoisotopic (exact) mass is 420 g/mol. The molecule has 0 fully saturated rings. The lowest BCUT2D eigenvalue weighted by atomic mass is 10.1. The Bertz CT molecular complexity index is 1000. The van der Waals surface area contributed by atoms with Crippen molar-refractivity contribution >= 4 is 5.91 Å². The highest BCUT2D eigenvalue weighted by Crippen LogP contribution is 2.19. The molecule has 4 rings (SSSR count). The van der Waals surface area contributed by atoms with Crippen LogP contribution in [0.4, 0.5) is 0 Å². The van der Waals surface area contributed by atoms with Gasteiger partial charge in [0.15, 0.2) is 6.61 Å². The van der Waals surface area contributed by atoms with Gasteiger partial charge in [-0.15, -0.1) is 10.2 Å². The quantitative estimate of drug-likeness (QED) is 0.606. The average Bonchev–Trinajstić information content (AvgIpc) is 3.09. The number of rotatable bonds is 8. The first-order chi connectivity index (χ1) is 15.2. The molecule has 1 aliphatic rings. The molecule has 1 aliphatic heterocycles. The molecule has 31 heavy (non-hydrogen) atoms. The van der Waals surface area contributed by atoms with Crippen molar-refractivity contribution in [2.24, 2.45) is 0 Å². The normalized spacial score (nSPS) is 15.6. The van der Waals surface area contributed by atoms with Crippen molar-refractivity contribution < 1.29 is 14.3 Å². The van der Waals surface area contributed by atoms with Crippen LogP contribution in [0.25, 0.3) is 0 Å². The van der Waals surface area contributed by atoms with E-state index in [0.717, 1.165) is 50.3 Å². The smallest absolute Gasteiger partial charge is 0.258 e. The van der Waals surface area contributed by atoms with E-state index in [1.54, 1.807) is 13.2 Å². The van der Waals surface area contributed by atoms with E-state index in [0.29, 0.717) is 11.5 Å². The van der Waals surface area contributed by atoms with Crippen molar-refractivity contribution in [3.05, 3.63) is 71.8 Å². The average molecular weight is 421 g/mol. The van der Waals surface area contributed by atoms with Gasteiger partial charge in [-0.25, -0.2) is 0 Å². The topological polar surface area (TPSA) is 78.3 Å². The number of benzene rings is 2. The van der Waals surface area contributed by atoms with Crippen LogP contribution in [0.1, 0.15) is 30.1 Å². The van der Waals surface area contributed by atoms with Gasteiger partial charge >= 0.3 is 0 Å². The number of hydrogen-bond donors (Lipinski definition) is 1. The van der Waals surface area contributed by atoms with Gasteiger partial charge < -0.3 is 19.4 Å². The molecule has 7 nitrogen and oxygen atoms in total. The van der Waals surface area contributed by atoms with Gasteiger partial charge in [0.25, 0.3) is 5.91 Å². The summed E-state index contributed by atoms with van der Waals surface area (Å²) in [5.74, 6) is 3.23. The molecule has 0 bridgehead atoms. The van der Waals surface area contributed by atoms with Gasteiger partial charge in [0.2, 0.25) is 0 Å². The highest BCUT2D eigenvalue weighted by atomic mass is 16.5. The van der Waals surface area contributed by atoms with E-state index in [-0.39, 0.29) is 18.6 Å². The molecule has 2 aromatic carbocycles. The summed E-state index contributed by atoms with van der Waals surface area (Å²) in [6.45, 7) is 0.798. The predicted molar refractivity (Wildman–Crippen MR) is 117 cm³/mol. The van der Waals surface area contributed by atoms with E-state index < -0.39 is 0 Å². The number of ether oxygens (including phenoxy) is 2. The number of hydrogen-bond acceptors (Lipinski definition) is 5. The first-order valence-corrected chi connectivity index (χ1v) is 10.7. The minimum absolute atomic E-state index is 0.0158. The number of carbonyl (C=O) groups is 1. The molecular formula is C24H28N4O3. The second kappa shape index (κ2) is 10.1. The first-order valence-electron chi connectivity index (χ1n) is 10.7. The Morgan fingerprint density at radius 2 is 1.90 bits per heavy atom. The van der Waals surface area contributed by atoms with Crippen molar-refractivity contribution in [3.63, 3.8) is 0 Å². The van der Waals surface area contributed by atoms with E-state index in [9.17, 15) is 4.79 Å². The third-order valence-electron chi connectivity index (χ3n) is 5.58. The van der Waals surface area contributed by atoms with E-state index in [1.165, 1.54) is 5.56 Å². The zero-order valence-corrected chi connectivity index (χ0v) is 17.8. The predicted octanol–water partition coefficient (Wildman–Crippen LogP) is 2.97. The molecule has 0 radical (unpaired) electrons. The van der Waals surface area contributed by atoms with Crippen LogP contribution in [0.15, 0.2) is 54.6 Å². The fourth-order valence-electron chi connectivity index (χ4n) is 3.89. The van der Waals surface area contributed by atoms with Crippen molar-refractivity contribution in [2.45, 2.75) is 44.7 Å². The Balaban J connectivity index is 1.27. The van der Waals surface area contributed by atoms with E-state index in [4.69, 9.17) is 9.47 Å². The summed E-state index contributed by atoms with van der Waals surface area (Å²) in [6.07, 6.45) is 4.32. The summed E-state index contributed by atoms with van der Waals surface area (Å²) in [5.41, 5.74) is 1.30. The van der Waals surface area contributed by atoms with E-state index in [2.05, 4.69) is 44.3 Å². The Morgan fingerprint density at radius 1 is 1.06 bits per heavy atom. The fourth-order valence-corrected chi connectivity index (χ4v) is 3.89.